The standard InChI is InChI=1S/C19H21F3N2O3/c1-12-16(13(2)27-23-12)11-26-17-8-4-3-7-15(17)18(25)24-9-5-6-14(10-24)19(20,21)22/h3-4,7-8,14H,5-6,9-11H2,1-2H3. The summed E-state index contributed by atoms with van der Waals surface area (Å²) in [6.07, 6.45) is -3.91. The summed E-state index contributed by atoms with van der Waals surface area (Å²) < 4.78 is 50.0. The zero-order chi connectivity index (χ0) is 19.6. The molecule has 0 spiro atoms. The maximum atomic E-state index is 13.0. The van der Waals surface area contributed by atoms with Crippen molar-refractivity contribution in [1.29, 1.82) is 0 Å². The van der Waals surface area contributed by atoms with Gasteiger partial charge in [-0.05, 0) is 38.8 Å². The van der Waals surface area contributed by atoms with Crippen molar-refractivity contribution < 1.29 is 27.2 Å². The molecule has 146 valence electrons. The fraction of sp³-hybridized carbons (Fsp3) is 0.474. The van der Waals surface area contributed by atoms with Crippen molar-refractivity contribution in [1.82, 2.24) is 10.1 Å². The summed E-state index contributed by atoms with van der Waals surface area (Å²) in [6, 6.07) is 6.59. The van der Waals surface area contributed by atoms with E-state index in [0.29, 0.717) is 30.2 Å². The molecule has 3 rings (SSSR count). The number of para-hydroxylation sites is 1. The van der Waals surface area contributed by atoms with E-state index >= 15 is 0 Å². The molecule has 0 bridgehead atoms. The Morgan fingerprint density at radius 2 is 2.07 bits per heavy atom. The van der Waals surface area contributed by atoms with Crippen LogP contribution in [0.2, 0.25) is 0 Å². The van der Waals surface area contributed by atoms with Gasteiger partial charge in [-0.3, -0.25) is 4.79 Å². The van der Waals surface area contributed by atoms with Crippen molar-refractivity contribution in [2.45, 2.75) is 39.5 Å². The van der Waals surface area contributed by atoms with Gasteiger partial charge in [0.2, 0.25) is 0 Å². The van der Waals surface area contributed by atoms with E-state index in [1.807, 2.05) is 0 Å². The lowest BCUT2D eigenvalue weighted by Crippen LogP contribution is -2.44. The summed E-state index contributed by atoms with van der Waals surface area (Å²) in [6.45, 7) is 3.71. The van der Waals surface area contributed by atoms with Crippen LogP contribution in [-0.2, 0) is 6.61 Å². The topological polar surface area (TPSA) is 55.6 Å². The summed E-state index contributed by atoms with van der Waals surface area (Å²) in [7, 11) is 0. The molecule has 1 unspecified atom stereocenters. The summed E-state index contributed by atoms with van der Waals surface area (Å²) in [5.74, 6) is -0.971. The maximum Gasteiger partial charge on any atom is 0.393 e. The van der Waals surface area contributed by atoms with Gasteiger partial charge in [-0.2, -0.15) is 13.2 Å². The number of hydrogen-bond donors (Lipinski definition) is 0. The predicted molar refractivity (Wildman–Crippen MR) is 91.4 cm³/mol. The molecule has 1 aliphatic rings. The number of halogens is 3. The lowest BCUT2D eigenvalue weighted by molar-refractivity contribution is -0.184. The molecule has 27 heavy (non-hydrogen) atoms. The average Bonchev–Trinajstić information content (AvgIpc) is 2.97. The second-order valence-electron chi connectivity index (χ2n) is 6.72. The number of likely N-dealkylation sites (tertiary alicyclic amines) is 1. The van der Waals surface area contributed by atoms with E-state index in [-0.39, 0.29) is 25.1 Å². The van der Waals surface area contributed by atoms with E-state index in [0.717, 1.165) is 5.56 Å². The zero-order valence-electron chi connectivity index (χ0n) is 15.2. The van der Waals surface area contributed by atoms with Gasteiger partial charge in [-0.1, -0.05) is 17.3 Å². The third-order valence-corrected chi connectivity index (χ3v) is 4.84. The predicted octanol–water partition coefficient (Wildman–Crippen LogP) is 4.28. The summed E-state index contributed by atoms with van der Waals surface area (Å²) in [5, 5.41) is 3.85. The van der Waals surface area contributed by atoms with Crippen LogP contribution in [0.4, 0.5) is 13.2 Å². The van der Waals surface area contributed by atoms with Crippen LogP contribution in [0.25, 0.3) is 0 Å². The Balaban J connectivity index is 1.76. The molecular formula is C19H21F3N2O3. The Kier molecular flexibility index (Phi) is 5.43. The van der Waals surface area contributed by atoms with Gasteiger partial charge >= 0.3 is 6.18 Å². The van der Waals surface area contributed by atoms with Gasteiger partial charge in [-0.25, -0.2) is 0 Å². The SMILES string of the molecule is Cc1noc(C)c1COc1ccccc1C(=O)N1CCCC(C(F)(F)F)C1. The van der Waals surface area contributed by atoms with Crippen molar-refractivity contribution in [2.24, 2.45) is 5.92 Å². The zero-order valence-corrected chi connectivity index (χ0v) is 15.2. The molecule has 2 aromatic rings. The van der Waals surface area contributed by atoms with Crippen molar-refractivity contribution in [3.05, 3.63) is 46.8 Å². The van der Waals surface area contributed by atoms with Crippen molar-refractivity contribution in [2.75, 3.05) is 13.1 Å². The molecule has 1 aromatic carbocycles. The first-order valence-corrected chi connectivity index (χ1v) is 8.77. The number of ether oxygens (including phenoxy) is 1. The Morgan fingerprint density at radius 3 is 2.74 bits per heavy atom. The number of nitrogens with zero attached hydrogens (tertiary/aromatic N) is 2. The van der Waals surface area contributed by atoms with Gasteiger partial charge in [0.15, 0.2) is 0 Å². The van der Waals surface area contributed by atoms with Crippen LogP contribution in [0.15, 0.2) is 28.8 Å². The van der Waals surface area contributed by atoms with E-state index < -0.39 is 18.0 Å². The molecule has 5 nitrogen and oxygen atoms in total. The molecule has 1 aliphatic heterocycles. The number of amides is 1. The quantitative estimate of drug-likeness (QED) is 0.792. The highest BCUT2D eigenvalue weighted by Gasteiger charge is 2.43. The Morgan fingerprint density at radius 1 is 1.33 bits per heavy atom. The summed E-state index contributed by atoms with van der Waals surface area (Å²) >= 11 is 0. The molecule has 8 heteroatoms. The molecule has 1 aromatic heterocycles. The third kappa shape index (κ3) is 4.26. The monoisotopic (exact) mass is 382 g/mol. The van der Waals surface area contributed by atoms with Crippen molar-refractivity contribution in [3.63, 3.8) is 0 Å². The third-order valence-electron chi connectivity index (χ3n) is 4.84. The summed E-state index contributed by atoms with van der Waals surface area (Å²) in [5.41, 5.74) is 1.74. The minimum atomic E-state index is -4.29. The Labute approximate surface area is 155 Å². The van der Waals surface area contributed by atoms with Crippen LogP contribution in [0.1, 0.15) is 40.2 Å². The van der Waals surface area contributed by atoms with Crippen LogP contribution < -0.4 is 4.74 Å². The van der Waals surface area contributed by atoms with Crippen LogP contribution in [0, 0.1) is 19.8 Å². The van der Waals surface area contributed by atoms with E-state index in [2.05, 4.69) is 5.16 Å². The molecular weight excluding hydrogens is 361 g/mol. The number of carbonyl (C=O) groups excluding carboxylic acids is 1. The molecule has 0 aliphatic carbocycles. The van der Waals surface area contributed by atoms with Gasteiger partial charge in [0.05, 0.1) is 22.7 Å². The number of aryl methyl sites for hydroxylation is 2. The Hall–Kier alpha value is -2.51. The molecule has 0 N–H and O–H groups in total. The highest BCUT2D eigenvalue weighted by molar-refractivity contribution is 5.97. The number of carbonyl (C=O) groups is 1. The molecule has 1 atom stereocenters. The van der Waals surface area contributed by atoms with E-state index in [4.69, 9.17) is 9.26 Å². The van der Waals surface area contributed by atoms with E-state index in [1.54, 1.807) is 38.1 Å². The van der Waals surface area contributed by atoms with Gasteiger partial charge in [0.25, 0.3) is 5.91 Å². The summed E-state index contributed by atoms with van der Waals surface area (Å²) in [4.78, 5) is 14.1. The second-order valence-corrected chi connectivity index (χ2v) is 6.72. The van der Waals surface area contributed by atoms with E-state index in [9.17, 15) is 18.0 Å². The fourth-order valence-electron chi connectivity index (χ4n) is 3.23. The first-order chi connectivity index (χ1) is 12.8. The van der Waals surface area contributed by atoms with Crippen molar-refractivity contribution >= 4 is 5.91 Å². The fourth-order valence-corrected chi connectivity index (χ4v) is 3.23. The normalized spacial score (nSPS) is 17.8. The number of benzene rings is 1. The highest BCUT2D eigenvalue weighted by atomic mass is 19.4. The van der Waals surface area contributed by atoms with Crippen LogP contribution in [0.5, 0.6) is 5.75 Å². The molecule has 1 fully saturated rings. The minimum absolute atomic E-state index is 0.0530. The lowest BCUT2D eigenvalue weighted by Gasteiger charge is -2.34. The molecule has 0 radical (unpaired) electrons. The number of alkyl halides is 3. The largest absolute Gasteiger partial charge is 0.488 e. The lowest BCUT2D eigenvalue weighted by atomic mass is 9.97. The van der Waals surface area contributed by atoms with Crippen LogP contribution in [0.3, 0.4) is 0 Å². The van der Waals surface area contributed by atoms with E-state index in [1.165, 1.54) is 4.90 Å². The first-order valence-electron chi connectivity index (χ1n) is 8.77. The highest BCUT2D eigenvalue weighted by Crippen LogP contribution is 2.34. The maximum absolute atomic E-state index is 13.0. The van der Waals surface area contributed by atoms with Gasteiger partial charge in [0.1, 0.15) is 18.1 Å². The molecule has 0 saturated carbocycles. The van der Waals surface area contributed by atoms with Crippen LogP contribution in [-0.4, -0.2) is 35.2 Å². The van der Waals surface area contributed by atoms with Crippen LogP contribution >= 0.6 is 0 Å². The molecule has 1 saturated heterocycles. The first kappa shape index (κ1) is 19.3. The second kappa shape index (κ2) is 7.62. The molecule has 1 amide bonds. The average molecular weight is 382 g/mol. The molecule has 2 heterocycles. The number of rotatable bonds is 4. The van der Waals surface area contributed by atoms with Gasteiger partial charge in [-0.15, -0.1) is 0 Å². The smallest absolute Gasteiger partial charge is 0.393 e. The van der Waals surface area contributed by atoms with Crippen molar-refractivity contribution in [3.8, 4) is 5.75 Å². The number of aromatic nitrogens is 1. The number of hydrogen-bond acceptors (Lipinski definition) is 4. The van der Waals surface area contributed by atoms with Gasteiger partial charge < -0.3 is 14.2 Å². The van der Waals surface area contributed by atoms with Gasteiger partial charge in [0, 0.05) is 13.1 Å². The Bertz CT molecular complexity index is 797. The minimum Gasteiger partial charge on any atom is -0.488 e. The number of piperidine rings is 1.